The second-order valence-corrected chi connectivity index (χ2v) is 3.91. The number of nitrogens with zero attached hydrogens (tertiary/aromatic N) is 4. The first-order chi connectivity index (χ1) is 9.76. The molecule has 20 heavy (non-hydrogen) atoms. The highest BCUT2D eigenvalue weighted by Crippen LogP contribution is 2.24. The molecule has 0 spiro atoms. The van der Waals surface area contributed by atoms with Crippen molar-refractivity contribution < 1.29 is 9.13 Å². The van der Waals surface area contributed by atoms with E-state index in [9.17, 15) is 4.39 Å². The number of nitriles is 1. The van der Waals surface area contributed by atoms with E-state index in [0.717, 1.165) is 6.07 Å². The van der Waals surface area contributed by atoms with Crippen molar-refractivity contribution in [1.29, 1.82) is 5.26 Å². The van der Waals surface area contributed by atoms with Gasteiger partial charge in [-0.05, 0) is 24.3 Å². The molecule has 0 aliphatic heterocycles. The molecule has 0 radical (unpaired) electrons. The summed E-state index contributed by atoms with van der Waals surface area (Å²) >= 11 is 0. The molecule has 0 saturated carbocycles. The van der Waals surface area contributed by atoms with Crippen molar-refractivity contribution in [3.8, 4) is 17.7 Å². The second kappa shape index (κ2) is 4.90. The van der Waals surface area contributed by atoms with E-state index in [-0.39, 0.29) is 17.2 Å². The minimum absolute atomic E-state index is 0.000240. The Balaban J connectivity index is 1.95. The molecule has 0 N–H and O–H groups in total. The lowest BCUT2D eigenvalue weighted by Crippen LogP contribution is -1.93. The van der Waals surface area contributed by atoms with Crippen molar-refractivity contribution in [1.82, 2.24) is 15.0 Å². The third kappa shape index (κ3) is 2.24. The van der Waals surface area contributed by atoms with E-state index in [1.54, 1.807) is 18.3 Å². The van der Waals surface area contributed by atoms with Crippen LogP contribution in [0.2, 0.25) is 0 Å². The maximum Gasteiger partial charge on any atom is 0.221 e. The highest BCUT2D eigenvalue weighted by atomic mass is 19.1. The average Bonchev–Trinajstić information content (AvgIpc) is 2.49. The van der Waals surface area contributed by atoms with Crippen molar-refractivity contribution in [2.45, 2.75) is 0 Å². The lowest BCUT2D eigenvalue weighted by molar-refractivity contribution is 0.428. The van der Waals surface area contributed by atoms with Crippen molar-refractivity contribution >= 4 is 11.2 Å². The number of aromatic nitrogens is 3. The van der Waals surface area contributed by atoms with Crippen molar-refractivity contribution in [2.24, 2.45) is 0 Å². The van der Waals surface area contributed by atoms with Gasteiger partial charge in [0.1, 0.15) is 5.52 Å². The van der Waals surface area contributed by atoms with E-state index in [4.69, 9.17) is 10.00 Å². The molecule has 5 nitrogen and oxygen atoms in total. The summed E-state index contributed by atoms with van der Waals surface area (Å²) in [5.74, 6) is -0.411. The molecule has 0 unspecified atom stereocenters. The standard InChI is InChI=1S/C14H7FN4O/c15-10-7-9(8-16)1-3-12(10)20-13-4-2-11-14(19-13)18-6-5-17-11/h1-7H. The predicted molar refractivity (Wildman–Crippen MR) is 68.5 cm³/mol. The number of ether oxygens (including phenoxy) is 1. The Hall–Kier alpha value is -3.07. The number of pyridine rings is 1. The van der Waals surface area contributed by atoms with E-state index in [0.29, 0.717) is 11.2 Å². The summed E-state index contributed by atoms with van der Waals surface area (Å²) in [6.07, 6.45) is 3.08. The molecule has 1 aromatic carbocycles. The summed E-state index contributed by atoms with van der Waals surface area (Å²) in [6, 6.07) is 9.08. The van der Waals surface area contributed by atoms with Crippen molar-refractivity contribution in [3.63, 3.8) is 0 Å². The Bertz CT molecular complexity index is 829. The van der Waals surface area contributed by atoms with Gasteiger partial charge in [-0.1, -0.05) is 0 Å². The van der Waals surface area contributed by atoms with Crippen LogP contribution in [0.1, 0.15) is 5.56 Å². The minimum atomic E-state index is -0.620. The summed E-state index contributed by atoms with van der Waals surface area (Å²) in [5, 5.41) is 8.68. The fourth-order valence-corrected chi connectivity index (χ4v) is 1.66. The van der Waals surface area contributed by atoms with Crippen LogP contribution in [-0.4, -0.2) is 15.0 Å². The van der Waals surface area contributed by atoms with Gasteiger partial charge in [-0.15, -0.1) is 0 Å². The first kappa shape index (κ1) is 12.0. The average molecular weight is 266 g/mol. The summed E-state index contributed by atoms with van der Waals surface area (Å²) in [7, 11) is 0. The van der Waals surface area contributed by atoms with Gasteiger partial charge in [-0.2, -0.15) is 10.2 Å². The zero-order valence-electron chi connectivity index (χ0n) is 10.1. The van der Waals surface area contributed by atoms with Gasteiger partial charge in [0.15, 0.2) is 17.2 Å². The zero-order chi connectivity index (χ0) is 13.9. The van der Waals surface area contributed by atoms with Crippen LogP contribution in [0.5, 0.6) is 11.6 Å². The van der Waals surface area contributed by atoms with Gasteiger partial charge in [-0.3, -0.25) is 4.98 Å². The van der Waals surface area contributed by atoms with E-state index >= 15 is 0 Å². The quantitative estimate of drug-likeness (QED) is 0.713. The topological polar surface area (TPSA) is 71.7 Å². The van der Waals surface area contributed by atoms with Crippen molar-refractivity contribution in [3.05, 3.63) is 54.1 Å². The fourth-order valence-electron chi connectivity index (χ4n) is 1.66. The molecule has 96 valence electrons. The molecular weight excluding hydrogens is 259 g/mol. The van der Waals surface area contributed by atoms with E-state index in [1.807, 2.05) is 6.07 Å². The molecule has 0 amide bonds. The normalized spacial score (nSPS) is 10.2. The molecule has 2 aromatic heterocycles. The van der Waals surface area contributed by atoms with Crippen LogP contribution in [0.3, 0.4) is 0 Å². The molecule has 0 bridgehead atoms. The highest BCUT2D eigenvalue weighted by molar-refractivity contribution is 5.69. The predicted octanol–water partition coefficient (Wildman–Crippen LogP) is 2.83. The van der Waals surface area contributed by atoms with Crippen LogP contribution in [0, 0.1) is 17.1 Å². The second-order valence-electron chi connectivity index (χ2n) is 3.91. The third-order valence-electron chi connectivity index (χ3n) is 2.58. The summed E-state index contributed by atoms with van der Waals surface area (Å²) in [5.41, 5.74) is 1.27. The summed E-state index contributed by atoms with van der Waals surface area (Å²) in [6.45, 7) is 0. The number of hydrogen-bond donors (Lipinski definition) is 0. The van der Waals surface area contributed by atoms with E-state index in [2.05, 4.69) is 15.0 Å². The van der Waals surface area contributed by atoms with Crippen LogP contribution < -0.4 is 4.74 Å². The molecule has 6 heteroatoms. The van der Waals surface area contributed by atoms with E-state index in [1.165, 1.54) is 18.3 Å². The number of fused-ring (bicyclic) bond motifs is 1. The molecule has 2 heterocycles. The van der Waals surface area contributed by atoms with Gasteiger partial charge < -0.3 is 4.74 Å². The molecule has 3 rings (SSSR count). The molecule has 0 aliphatic rings. The molecular formula is C14H7FN4O. The van der Waals surface area contributed by atoms with Crippen LogP contribution in [0.25, 0.3) is 11.2 Å². The molecule has 0 aliphatic carbocycles. The van der Waals surface area contributed by atoms with Gasteiger partial charge in [0.05, 0.1) is 11.6 Å². The number of rotatable bonds is 2. The largest absolute Gasteiger partial charge is 0.436 e. The van der Waals surface area contributed by atoms with Crippen LogP contribution in [0.4, 0.5) is 4.39 Å². The minimum Gasteiger partial charge on any atom is -0.436 e. The lowest BCUT2D eigenvalue weighted by Gasteiger charge is -2.06. The van der Waals surface area contributed by atoms with Crippen molar-refractivity contribution in [2.75, 3.05) is 0 Å². The van der Waals surface area contributed by atoms with Crippen LogP contribution in [0.15, 0.2) is 42.7 Å². The Kier molecular flexibility index (Phi) is 2.94. The molecule has 0 saturated heterocycles. The first-order valence-electron chi connectivity index (χ1n) is 5.71. The summed E-state index contributed by atoms with van der Waals surface area (Å²) in [4.78, 5) is 12.2. The lowest BCUT2D eigenvalue weighted by atomic mass is 10.2. The zero-order valence-corrected chi connectivity index (χ0v) is 10.1. The van der Waals surface area contributed by atoms with Gasteiger partial charge in [0.2, 0.25) is 5.88 Å². The first-order valence-corrected chi connectivity index (χ1v) is 5.71. The van der Waals surface area contributed by atoms with Gasteiger partial charge in [0.25, 0.3) is 0 Å². The van der Waals surface area contributed by atoms with Gasteiger partial charge in [-0.25, -0.2) is 9.37 Å². The number of benzene rings is 1. The Morgan fingerprint density at radius 3 is 2.75 bits per heavy atom. The number of halogens is 1. The maximum absolute atomic E-state index is 13.7. The van der Waals surface area contributed by atoms with Gasteiger partial charge >= 0.3 is 0 Å². The number of hydrogen-bond acceptors (Lipinski definition) is 5. The fraction of sp³-hybridized carbons (Fsp3) is 0. The Morgan fingerprint density at radius 1 is 1.10 bits per heavy atom. The monoisotopic (exact) mass is 266 g/mol. The Labute approximate surface area is 113 Å². The molecule has 0 fully saturated rings. The van der Waals surface area contributed by atoms with Crippen LogP contribution >= 0.6 is 0 Å². The maximum atomic E-state index is 13.7. The van der Waals surface area contributed by atoms with Gasteiger partial charge in [0, 0.05) is 18.5 Å². The third-order valence-corrected chi connectivity index (χ3v) is 2.58. The SMILES string of the molecule is N#Cc1ccc(Oc2ccc3nccnc3n2)c(F)c1. The smallest absolute Gasteiger partial charge is 0.221 e. The molecule has 0 atom stereocenters. The Morgan fingerprint density at radius 2 is 1.95 bits per heavy atom. The molecule has 3 aromatic rings. The summed E-state index contributed by atoms with van der Waals surface area (Å²) < 4.78 is 19.1. The van der Waals surface area contributed by atoms with Crippen LogP contribution in [-0.2, 0) is 0 Å². The highest BCUT2D eigenvalue weighted by Gasteiger charge is 2.08. The van der Waals surface area contributed by atoms with E-state index < -0.39 is 5.82 Å².